The Morgan fingerprint density at radius 3 is 2.71 bits per heavy atom. The monoisotopic (exact) mass is 313 g/mol. The van der Waals surface area contributed by atoms with Gasteiger partial charge in [0.2, 0.25) is 10.0 Å². The van der Waals surface area contributed by atoms with Gasteiger partial charge in [-0.25, -0.2) is 8.42 Å². The summed E-state index contributed by atoms with van der Waals surface area (Å²) in [4.78, 5) is 10.3. The summed E-state index contributed by atoms with van der Waals surface area (Å²) in [6, 6.07) is 3.62. The molecule has 2 rings (SSSR count). The third-order valence-corrected chi connectivity index (χ3v) is 5.91. The van der Waals surface area contributed by atoms with Gasteiger partial charge in [-0.2, -0.15) is 4.31 Å². The summed E-state index contributed by atoms with van der Waals surface area (Å²) in [5.74, 6) is 0. The summed E-state index contributed by atoms with van der Waals surface area (Å²) in [5.41, 5.74) is 5.94. The van der Waals surface area contributed by atoms with E-state index < -0.39 is 14.9 Å². The molecule has 1 aliphatic rings. The van der Waals surface area contributed by atoms with Crippen molar-refractivity contribution >= 4 is 15.7 Å². The summed E-state index contributed by atoms with van der Waals surface area (Å²) in [7, 11) is -3.67. The second kappa shape index (κ2) is 6.08. The predicted octanol–water partition coefficient (Wildman–Crippen LogP) is 1.41. The van der Waals surface area contributed by atoms with Crippen LogP contribution in [-0.4, -0.2) is 36.8 Å². The molecule has 0 radical (unpaired) electrons. The van der Waals surface area contributed by atoms with E-state index in [4.69, 9.17) is 5.73 Å². The first-order valence-corrected chi connectivity index (χ1v) is 8.29. The van der Waals surface area contributed by atoms with E-state index in [0.29, 0.717) is 12.1 Å². The Morgan fingerprint density at radius 2 is 2.14 bits per heavy atom. The van der Waals surface area contributed by atoms with Gasteiger partial charge in [-0.1, -0.05) is 6.42 Å². The summed E-state index contributed by atoms with van der Waals surface area (Å²) in [6.07, 6.45) is 2.52. The number of nitro groups is 1. The Bertz CT molecular complexity index is 645. The predicted molar refractivity (Wildman–Crippen MR) is 78.4 cm³/mol. The van der Waals surface area contributed by atoms with Gasteiger partial charge in [-0.05, 0) is 31.4 Å². The van der Waals surface area contributed by atoms with Crippen LogP contribution >= 0.6 is 0 Å². The van der Waals surface area contributed by atoms with Crippen molar-refractivity contribution in [1.29, 1.82) is 0 Å². The zero-order valence-electron chi connectivity index (χ0n) is 11.9. The fourth-order valence-corrected chi connectivity index (χ4v) is 4.60. The summed E-state index contributed by atoms with van der Waals surface area (Å²) >= 11 is 0. The highest BCUT2D eigenvalue weighted by atomic mass is 32.2. The van der Waals surface area contributed by atoms with E-state index in [0.717, 1.165) is 19.3 Å². The molecule has 0 saturated carbocycles. The number of benzene rings is 1. The number of nitrogens with zero attached hydrogens (tertiary/aromatic N) is 2. The highest BCUT2D eigenvalue weighted by Crippen LogP contribution is 2.28. The fourth-order valence-electron chi connectivity index (χ4n) is 2.69. The van der Waals surface area contributed by atoms with Crippen molar-refractivity contribution in [2.24, 2.45) is 5.73 Å². The second-order valence-electron chi connectivity index (χ2n) is 5.21. The lowest BCUT2D eigenvalue weighted by atomic mass is 10.1. The molecule has 0 bridgehead atoms. The molecular weight excluding hydrogens is 294 g/mol. The molecule has 0 aliphatic carbocycles. The SMILES string of the molecule is Cc1cc([N+](=O)[O-])ccc1S(=O)(=O)N1CCCCC1CN. The number of non-ortho nitro benzene ring substituents is 1. The quantitative estimate of drug-likeness (QED) is 0.668. The van der Waals surface area contributed by atoms with Crippen molar-refractivity contribution < 1.29 is 13.3 Å². The number of piperidine rings is 1. The molecule has 1 heterocycles. The van der Waals surface area contributed by atoms with E-state index in [1.165, 1.54) is 22.5 Å². The average molecular weight is 313 g/mol. The first-order chi connectivity index (χ1) is 9.87. The Labute approximate surface area is 123 Å². The van der Waals surface area contributed by atoms with Gasteiger partial charge in [0, 0.05) is 31.3 Å². The number of nitro benzene ring substituents is 1. The highest BCUT2D eigenvalue weighted by molar-refractivity contribution is 7.89. The zero-order valence-corrected chi connectivity index (χ0v) is 12.7. The van der Waals surface area contributed by atoms with Crippen molar-refractivity contribution in [2.75, 3.05) is 13.1 Å². The second-order valence-corrected chi connectivity index (χ2v) is 7.07. The molecule has 1 aromatic rings. The molecule has 1 aliphatic heterocycles. The third-order valence-electron chi connectivity index (χ3n) is 3.80. The van der Waals surface area contributed by atoms with Crippen LogP contribution in [0.15, 0.2) is 23.1 Å². The zero-order chi connectivity index (χ0) is 15.6. The Morgan fingerprint density at radius 1 is 1.43 bits per heavy atom. The molecule has 8 heteroatoms. The van der Waals surface area contributed by atoms with Crippen LogP contribution in [0.4, 0.5) is 5.69 Å². The van der Waals surface area contributed by atoms with Gasteiger partial charge in [0.05, 0.1) is 9.82 Å². The molecule has 21 heavy (non-hydrogen) atoms. The van der Waals surface area contributed by atoms with E-state index in [1.807, 2.05) is 0 Å². The lowest BCUT2D eigenvalue weighted by Gasteiger charge is -2.34. The number of rotatable bonds is 4. The van der Waals surface area contributed by atoms with Crippen LogP contribution < -0.4 is 5.73 Å². The number of nitrogens with two attached hydrogens (primary N) is 1. The molecule has 0 spiro atoms. The minimum atomic E-state index is -3.67. The molecule has 0 amide bonds. The molecule has 1 atom stereocenters. The van der Waals surface area contributed by atoms with Crippen molar-refractivity contribution in [2.45, 2.75) is 37.1 Å². The molecule has 0 aromatic heterocycles. The smallest absolute Gasteiger partial charge is 0.269 e. The topological polar surface area (TPSA) is 107 Å². The summed E-state index contributed by atoms with van der Waals surface area (Å²) < 4.78 is 27.0. The van der Waals surface area contributed by atoms with E-state index in [2.05, 4.69) is 0 Å². The molecule has 2 N–H and O–H groups in total. The van der Waals surface area contributed by atoms with Crippen LogP contribution in [0.3, 0.4) is 0 Å². The lowest BCUT2D eigenvalue weighted by molar-refractivity contribution is -0.385. The minimum Gasteiger partial charge on any atom is -0.329 e. The van der Waals surface area contributed by atoms with E-state index in [9.17, 15) is 18.5 Å². The summed E-state index contributed by atoms with van der Waals surface area (Å²) in [6.45, 7) is 2.30. The maximum Gasteiger partial charge on any atom is 0.269 e. The van der Waals surface area contributed by atoms with E-state index in [1.54, 1.807) is 6.92 Å². The van der Waals surface area contributed by atoms with Crippen molar-refractivity contribution in [3.05, 3.63) is 33.9 Å². The van der Waals surface area contributed by atoms with Crippen LogP contribution in [0, 0.1) is 17.0 Å². The average Bonchev–Trinajstić information content (AvgIpc) is 2.46. The Balaban J connectivity index is 2.41. The Kier molecular flexibility index (Phi) is 4.60. The van der Waals surface area contributed by atoms with E-state index in [-0.39, 0.29) is 23.2 Å². The van der Waals surface area contributed by atoms with Gasteiger partial charge in [-0.3, -0.25) is 10.1 Å². The standard InChI is InChI=1S/C13H19N3O4S/c1-10-8-11(16(17)18)5-6-13(10)21(19,20)15-7-3-2-4-12(15)9-14/h5-6,8,12H,2-4,7,9,14H2,1H3. The molecule has 7 nitrogen and oxygen atoms in total. The molecule has 1 aromatic carbocycles. The number of hydrogen-bond acceptors (Lipinski definition) is 5. The van der Waals surface area contributed by atoms with Gasteiger partial charge in [0.1, 0.15) is 0 Å². The first-order valence-electron chi connectivity index (χ1n) is 6.85. The van der Waals surface area contributed by atoms with Crippen molar-refractivity contribution in [3.63, 3.8) is 0 Å². The van der Waals surface area contributed by atoms with Crippen LogP contribution in [0.1, 0.15) is 24.8 Å². The molecule has 116 valence electrons. The van der Waals surface area contributed by atoms with Gasteiger partial charge in [0.15, 0.2) is 0 Å². The number of aryl methyl sites for hydroxylation is 1. The highest BCUT2D eigenvalue weighted by Gasteiger charge is 2.33. The molecular formula is C13H19N3O4S. The van der Waals surface area contributed by atoms with Gasteiger partial charge in [0.25, 0.3) is 5.69 Å². The molecule has 1 unspecified atom stereocenters. The fraction of sp³-hybridized carbons (Fsp3) is 0.538. The Hall–Kier alpha value is -1.51. The first kappa shape index (κ1) is 15.9. The van der Waals surface area contributed by atoms with Crippen molar-refractivity contribution in [3.8, 4) is 0 Å². The van der Waals surface area contributed by atoms with Crippen molar-refractivity contribution in [1.82, 2.24) is 4.31 Å². The maximum atomic E-state index is 12.8. The molecule has 1 saturated heterocycles. The number of hydrogen-bond donors (Lipinski definition) is 1. The van der Waals surface area contributed by atoms with Crippen LogP contribution in [-0.2, 0) is 10.0 Å². The van der Waals surface area contributed by atoms with Crippen LogP contribution in [0.5, 0.6) is 0 Å². The normalized spacial score (nSPS) is 20.4. The third kappa shape index (κ3) is 3.07. The lowest BCUT2D eigenvalue weighted by Crippen LogP contribution is -2.47. The minimum absolute atomic E-state index is 0.111. The van der Waals surface area contributed by atoms with E-state index >= 15 is 0 Å². The largest absolute Gasteiger partial charge is 0.329 e. The van der Waals surface area contributed by atoms with Gasteiger partial charge < -0.3 is 5.73 Å². The summed E-state index contributed by atoms with van der Waals surface area (Å²) in [5, 5.41) is 10.7. The van der Waals surface area contributed by atoms with Crippen LogP contribution in [0.2, 0.25) is 0 Å². The van der Waals surface area contributed by atoms with Gasteiger partial charge >= 0.3 is 0 Å². The number of sulfonamides is 1. The van der Waals surface area contributed by atoms with Crippen LogP contribution in [0.25, 0.3) is 0 Å². The van der Waals surface area contributed by atoms with Gasteiger partial charge in [-0.15, -0.1) is 0 Å². The maximum absolute atomic E-state index is 12.8. The molecule has 1 fully saturated rings.